The Morgan fingerprint density at radius 1 is 1.17 bits per heavy atom. The Morgan fingerprint density at radius 2 is 1.83 bits per heavy atom. The maximum absolute atomic E-state index is 12.4. The van der Waals surface area contributed by atoms with E-state index in [4.69, 9.17) is 5.73 Å². The molecule has 0 aliphatic heterocycles. The standard InChI is InChI=1S/C19H22N2O2/c1-18(23,15-10-3-2-4-11-15)21-19(17(20)22)13-7-9-14-8-5-6-12-16(14)19/h2-6,8,10-12,21,23H,7,9,13H2,1H3,(H2,20,22). The van der Waals surface area contributed by atoms with E-state index in [0.29, 0.717) is 12.0 Å². The predicted octanol–water partition coefficient (Wildman–Crippen LogP) is 2.16. The number of hydrogen-bond acceptors (Lipinski definition) is 3. The van der Waals surface area contributed by atoms with E-state index in [1.807, 2.05) is 54.6 Å². The number of primary amides is 1. The van der Waals surface area contributed by atoms with Gasteiger partial charge in [-0.3, -0.25) is 10.1 Å². The molecule has 0 saturated heterocycles. The summed E-state index contributed by atoms with van der Waals surface area (Å²) in [6, 6.07) is 17.1. The lowest BCUT2D eigenvalue weighted by atomic mass is 9.75. The molecule has 1 amide bonds. The van der Waals surface area contributed by atoms with E-state index in [1.54, 1.807) is 6.92 Å². The van der Waals surface area contributed by atoms with Crippen LogP contribution in [0.4, 0.5) is 0 Å². The fraction of sp³-hybridized carbons (Fsp3) is 0.316. The molecule has 120 valence electrons. The van der Waals surface area contributed by atoms with Crippen molar-refractivity contribution in [2.45, 2.75) is 37.5 Å². The minimum Gasteiger partial charge on any atom is -0.372 e. The summed E-state index contributed by atoms with van der Waals surface area (Å²) in [4.78, 5) is 12.4. The van der Waals surface area contributed by atoms with E-state index in [9.17, 15) is 9.90 Å². The van der Waals surface area contributed by atoms with Gasteiger partial charge in [-0.2, -0.15) is 0 Å². The van der Waals surface area contributed by atoms with E-state index in [2.05, 4.69) is 5.32 Å². The second-order valence-corrected chi connectivity index (χ2v) is 6.34. The van der Waals surface area contributed by atoms with Gasteiger partial charge >= 0.3 is 0 Å². The van der Waals surface area contributed by atoms with Gasteiger partial charge < -0.3 is 10.8 Å². The van der Waals surface area contributed by atoms with Gasteiger partial charge in [0.25, 0.3) is 0 Å². The number of aliphatic hydroxyl groups is 1. The fourth-order valence-corrected chi connectivity index (χ4v) is 3.53. The van der Waals surface area contributed by atoms with Crippen LogP contribution in [0.2, 0.25) is 0 Å². The molecular weight excluding hydrogens is 288 g/mol. The quantitative estimate of drug-likeness (QED) is 0.758. The molecule has 2 atom stereocenters. The first-order chi connectivity index (χ1) is 11.0. The Bertz CT molecular complexity index is 712. The molecule has 4 heteroatoms. The first-order valence-corrected chi connectivity index (χ1v) is 7.91. The fourth-order valence-electron chi connectivity index (χ4n) is 3.53. The predicted molar refractivity (Wildman–Crippen MR) is 89.4 cm³/mol. The van der Waals surface area contributed by atoms with Crippen LogP contribution in [0.5, 0.6) is 0 Å². The number of nitrogens with two attached hydrogens (primary N) is 1. The van der Waals surface area contributed by atoms with Crippen LogP contribution in [0.15, 0.2) is 54.6 Å². The van der Waals surface area contributed by atoms with Crippen molar-refractivity contribution in [3.8, 4) is 0 Å². The highest BCUT2D eigenvalue weighted by Gasteiger charge is 2.46. The summed E-state index contributed by atoms with van der Waals surface area (Å²) in [7, 11) is 0. The van der Waals surface area contributed by atoms with Gasteiger partial charge in [0.15, 0.2) is 0 Å². The first-order valence-electron chi connectivity index (χ1n) is 7.91. The molecule has 2 aromatic carbocycles. The Labute approximate surface area is 136 Å². The molecule has 4 N–H and O–H groups in total. The van der Waals surface area contributed by atoms with Gasteiger partial charge in [-0.1, -0.05) is 54.6 Å². The van der Waals surface area contributed by atoms with E-state index in [1.165, 1.54) is 0 Å². The zero-order valence-electron chi connectivity index (χ0n) is 13.3. The molecule has 2 aromatic rings. The lowest BCUT2D eigenvalue weighted by Gasteiger charge is -2.42. The van der Waals surface area contributed by atoms with E-state index in [0.717, 1.165) is 24.0 Å². The number of hydrogen-bond donors (Lipinski definition) is 3. The Balaban J connectivity index is 2.06. The number of carbonyl (C=O) groups excluding carboxylic acids is 1. The SMILES string of the molecule is CC(O)(NC1(C(N)=O)CCCc2ccccc21)c1ccccc1. The number of rotatable bonds is 4. The maximum atomic E-state index is 12.4. The molecule has 0 heterocycles. The lowest BCUT2D eigenvalue weighted by molar-refractivity contribution is -0.130. The summed E-state index contributed by atoms with van der Waals surface area (Å²) >= 11 is 0. The summed E-state index contributed by atoms with van der Waals surface area (Å²) in [6.07, 6.45) is 2.33. The minimum atomic E-state index is -1.36. The zero-order chi connectivity index (χ0) is 16.5. The Kier molecular flexibility index (Phi) is 3.96. The highest BCUT2D eigenvalue weighted by molar-refractivity contribution is 5.87. The zero-order valence-corrected chi connectivity index (χ0v) is 13.3. The van der Waals surface area contributed by atoms with Gasteiger partial charge in [0.2, 0.25) is 5.91 Å². The molecule has 2 unspecified atom stereocenters. The van der Waals surface area contributed by atoms with E-state index in [-0.39, 0.29) is 0 Å². The number of nitrogens with one attached hydrogen (secondary N) is 1. The minimum absolute atomic E-state index is 0.458. The lowest BCUT2D eigenvalue weighted by Crippen LogP contribution is -2.60. The van der Waals surface area contributed by atoms with Gasteiger partial charge in [-0.25, -0.2) is 0 Å². The van der Waals surface area contributed by atoms with Crippen molar-refractivity contribution in [2.75, 3.05) is 0 Å². The van der Waals surface area contributed by atoms with Crippen LogP contribution >= 0.6 is 0 Å². The summed E-state index contributed by atoms with van der Waals surface area (Å²) in [5.41, 5.74) is 6.04. The summed E-state index contributed by atoms with van der Waals surface area (Å²) in [6.45, 7) is 1.66. The van der Waals surface area contributed by atoms with Gasteiger partial charge in [0.1, 0.15) is 11.3 Å². The number of benzene rings is 2. The van der Waals surface area contributed by atoms with Crippen LogP contribution < -0.4 is 11.1 Å². The second-order valence-electron chi connectivity index (χ2n) is 6.34. The Morgan fingerprint density at radius 3 is 2.52 bits per heavy atom. The molecule has 23 heavy (non-hydrogen) atoms. The van der Waals surface area contributed by atoms with Crippen molar-refractivity contribution in [1.82, 2.24) is 5.32 Å². The van der Waals surface area contributed by atoms with Crippen molar-refractivity contribution in [2.24, 2.45) is 5.73 Å². The van der Waals surface area contributed by atoms with Crippen molar-refractivity contribution < 1.29 is 9.90 Å². The van der Waals surface area contributed by atoms with Gasteiger partial charge in [0, 0.05) is 0 Å². The molecule has 0 spiro atoms. The molecule has 3 rings (SSSR count). The molecule has 0 bridgehead atoms. The summed E-state index contributed by atoms with van der Waals surface area (Å²) < 4.78 is 0. The van der Waals surface area contributed by atoms with Crippen molar-refractivity contribution in [1.29, 1.82) is 0 Å². The van der Waals surface area contributed by atoms with Crippen LogP contribution in [0.3, 0.4) is 0 Å². The largest absolute Gasteiger partial charge is 0.372 e. The molecule has 0 radical (unpaired) electrons. The van der Waals surface area contributed by atoms with Crippen molar-refractivity contribution >= 4 is 5.91 Å². The average Bonchev–Trinajstić information content (AvgIpc) is 2.55. The third-order valence-electron chi connectivity index (χ3n) is 4.69. The normalized spacial score (nSPS) is 22.9. The number of aryl methyl sites for hydroxylation is 1. The Hall–Kier alpha value is -2.17. The molecule has 0 saturated carbocycles. The van der Waals surface area contributed by atoms with Crippen LogP contribution in [-0.4, -0.2) is 11.0 Å². The maximum Gasteiger partial charge on any atom is 0.242 e. The van der Waals surface area contributed by atoms with Crippen LogP contribution in [0.1, 0.15) is 36.5 Å². The highest BCUT2D eigenvalue weighted by Crippen LogP contribution is 2.38. The molecule has 0 aromatic heterocycles. The first kappa shape index (κ1) is 15.7. The van der Waals surface area contributed by atoms with Crippen LogP contribution in [0.25, 0.3) is 0 Å². The summed E-state index contributed by atoms with van der Waals surface area (Å²) in [5, 5.41) is 14.1. The molecule has 4 nitrogen and oxygen atoms in total. The van der Waals surface area contributed by atoms with Gasteiger partial charge in [-0.05, 0) is 42.9 Å². The van der Waals surface area contributed by atoms with E-state index < -0.39 is 17.2 Å². The number of carbonyl (C=O) groups is 1. The third-order valence-corrected chi connectivity index (χ3v) is 4.69. The average molecular weight is 310 g/mol. The number of amides is 1. The van der Waals surface area contributed by atoms with Crippen LogP contribution in [-0.2, 0) is 22.5 Å². The molecule has 1 aliphatic rings. The van der Waals surface area contributed by atoms with Crippen LogP contribution in [0, 0.1) is 0 Å². The van der Waals surface area contributed by atoms with Crippen molar-refractivity contribution in [3.63, 3.8) is 0 Å². The van der Waals surface area contributed by atoms with Crippen molar-refractivity contribution in [3.05, 3.63) is 71.3 Å². The monoisotopic (exact) mass is 310 g/mol. The van der Waals surface area contributed by atoms with Gasteiger partial charge in [-0.15, -0.1) is 0 Å². The highest BCUT2D eigenvalue weighted by atomic mass is 16.3. The molecule has 1 aliphatic carbocycles. The molecule has 0 fully saturated rings. The topological polar surface area (TPSA) is 75.3 Å². The molecular formula is C19H22N2O2. The van der Waals surface area contributed by atoms with Gasteiger partial charge in [0.05, 0.1) is 0 Å². The summed E-state index contributed by atoms with van der Waals surface area (Å²) in [5.74, 6) is -0.458. The third kappa shape index (κ3) is 2.76. The number of fused-ring (bicyclic) bond motifs is 1. The smallest absolute Gasteiger partial charge is 0.242 e. The van der Waals surface area contributed by atoms with E-state index >= 15 is 0 Å². The second kappa shape index (κ2) is 5.80.